The Morgan fingerprint density at radius 2 is 1.73 bits per heavy atom. The Morgan fingerprint density at radius 1 is 0.946 bits per heavy atom. The standard InChI is InChI=1S/C34H46N2O/c1-26-9-7-13-29(23-26)32(24-30(37)14-8-12-28-17-20-35-21-18-28)33-25-36(34-16-6-5-15-31(33)34)22-19-27-10-3-2-4-11-27/h5-7,9,13,15-16,23,25,27-28,32,35H,2-4,8,10-12,14,17-22,24H2,1H3. The third kappa shape index (κ3) is 6.93. The lowest BCUT2D eigenvalue weighted by molar-refractivity contribution is -0.119. The first kappa shape index (κ1) is 26.2. The Balaban J connectivity index is 1.35. The van der Waals surface area contributed by atoms with E-state index in [0.29, 0.717) is 18.6 Å². The Morgan fingerprint density at radius 3 is 2.54 bits per heavy atom. The molecule has 2 aromatic carbocycles. The van der Waals surface area contributed by atoms with Crippen LogP contribution in [0.4, 0.5) is 0 Å². The number of nitrogens with zero attached hydrogens (tertiary/aromatic N) is 1. The van der Waals surface area contributed by atoms with Crippen LogP contribution in [0.1, 0.15) is 99.7 Å². The second-order valence-corrected chi connectivity index (χ2v) is 11.9. The van der Waals surface area contributed by atoms with E-state index < -0.39 is 0 Å². The molecule has 0 spiro atoms. The van der Waals surface area contributed by atoms with Crippen LogP contribution >= 0.6 is 0 Å². The summed E-state index contributed by atoms with van der Waals surface area (Å²) in [5.41, 5.74) is 5.20. The number of aryl methyl sites for hydroxylation is 2. The van der Waals surface area contributed by atoms with Crippen LogP contribution in [0.15, 0.2) is 54.7 Å². The molecule has 2 aliphatic rings. The Bertz CT molecular complexity index is 1150. The number of benzene rings is 2. The summed E-state index contributed by atoms with van der Waals surface area (Å²) in [4.78, 5) is 13.4. The zero-order valence-corrected chi connectivity index (χ0v) is 22.9. The van der Waals surface area contributed by atoms with Gasteiger partial charge in [0.05, 0.1) is 0 Å². The molecule has 1 unspecified atom stereocenters. The number of fused-ring (bicyclic) bond motifs is 1. The lowest BCUT2D eigenvalue weighted by Gasteiger charge is -2.22. The summed E-state index contributed by atoms with van der Waals surface area (Å²) >= 11 is 0. The van der Waals surface area contributed by atoms with Gasteiger partial charge in [-0.1, -0.05) is 80.1 Å². The fraction of sp³-hybridized carbons (Fsp3) is 0.559. The van der Waals surface area contributed by atoms with Crippen LogP contribution < -0.4 is 5.32 Å². The summed E-state index contributed by atoms with van der Waals surface area (Å²) in [7, 11) is 0. The number of aromatic nitrogens is 1. The first-order valence-corrected chi connectivity index (χ1v) is 15.0. The van der Waals surface area contributed by atoms with E-state index in [1.165, 1.54) is 85.4 Å². The van der Waals surface area contributed by atoms with E-state index in [2.05, 4.69) is 71.5 Å². The van der Waals surface area contributed by atoms with Gasteiger partial charge in [0.1, 0.15) is 5.78 Å². The number of Topliss-reactive ketones (excluding diaryl/α,β-unsaturated/α-hetero) is 1. The predicted molar refractivity (Wildman–Crippen MR) is 155 cm³/mol. The number of carbonyl (C=O) groups excluding carboxylic acids is 1. The molecule has 37 heavy (non-hydrogen) atoms. The molecule has 198 valence electrons. The SMILES string of the molecule is Cc1cccc(C(CC(=O)CCCC2CCNCC2)c2cn(CCC3CCCCC3)c3ccccc23)c1. The maximum atomic E-state index is 13.4. The molecule has 3 heteroatoms. The number of ketones is 1. The topological polar surface area (TPSA) is 34.0 Å². The summed E-state index contributed by atoms with van der Waals surface area (Å²) in [5, 5.41) is 4.78. The lowest BCUT2D eigenvalue weighted by Crippen LogP contribution is -2.27. The summed E-state index contributed by atoms with van der Waals surface area (Å²) in [5.74, 6) is 2.20. The summed E-state index contributed by atoms with van der Waals surface area (Å²) in [6, 6.07) is 17.7. The van der Waals surface area contributed by atoms with Crippen molar-refractivity contribution >= 4 is 16.7 Å². The monoisotopic (exact) mass is 498 g/mol. The molecule has 1 aliphatic heterocycles. The molecule has 1 saturated heterocycles. The van der Waals surface area contributed by atoms with Crippen LogP contribution in [0.25, 0.3) is 10.9 Å². The quantitative estimate of drug-likeness (QED) is 0.289. The molecule has 1 aliphatic carbocycles. The van der Waals surface area contributed by atoms with Gasteiger partial charge in [0, 0.05) is 42.4 Å². The maximum absolute atomic E-state index is 13.4. The van der Waals surface area contributed by atoms with Crippen molar-refractivity contribution in [3.63, 3.8) is 0 Å². The number of hydrogen-bond acceptors (Lipinski definition) is 2. The van der Waals surface area contributed by atoms with Crippen molar-refractivity contribution in [2.75, 3.05) is 13.1 Å². The average Bonchev–Trinajstić information content (AvgIpc) is 3.30. The first-order valence-electron chi connectivity index (χ1n) is 15.0. The molecule has 3 aromatic rings. The van der Waals surface area contributed by atoms with Crippen molar-refractivity contribution in [2.45, 2.75) is 96.4 Å². The highest BCUT2D eigenvalue weighted by Crippen LogP contribution is 2.36. The molecule has 3 nitrogen and oxygen atoms in total. The molecule has 1 saturated carbocycles. The number of nitrogens with one attached hydrogen (secondary N) is 1. The van der Waals surface area contributed by atoms with Gasteiger partial charge in [-0.25, -0.2) is 0 Å². The van der Waals surface area contributed by atoms with Crippen molar-refractivity contribution in [1.29, 1.82) is 0 Å². The lowest BCUT2D eigenvalue weighted by atomic mass is 9.85. The molecule has 5 rings (SSSR count). The summed E-state index contributed by atoms with van der Waals surface area (Å²) in [6.07, 6.45) is 16.7. The van der Waals surface area contributed by atoms with Gasteiger partial charge in [0.15, 0.2) is 0 Å². The normalized spacial score (nSPS) is 18.3. The highest BCUT2D eigenvalue weighted by atomic mass is 16.1. The van der Waals surface area contributed by atoms with Crippen LogP contribution in [-0.2, 0) is 11.3 Å². The average molecular weight is 499 g/mol. The predicted octanol–water partition coefficient (Wildman–Crippen LogP) is 8.18. The Kier molecular flexibility index (Phi) is 9.15. The van der Waals surface area contributed by atoms with E-state index in [1.54, 1.807) is 0 Å². The third-order valence-corrected chi connectivity index (χ3v) is 9.10. The van der Waals surface area contributed by atoms with Gasteiger partial charge in [-0.2, -0.15) is 0 Å². The van der Waals surface area contributed by atoms with E-state index in [0.717, 1.165) is 37.9 Å². The van der Waals surface area contributed by atoms with Gasteiger partial charge in [-0.05, 0) is 81.1 Å². The number of rotatable bonds is 11. The summed E-state index contributed by atoms with van der Waals surface area (Å²) in [6.45, 7) is 5.52. The first-order chi connectivity index (χ1) is 18.2. The number of para-hydroxylation sites is 1. The van der Waals surface area contributed by atoms with Crippen molar-refractivity contribution in [1.82, 2.24) is 9.88 Å². The van der Waals surface area contributed by atoms with Gasteiger partial charge in [0.2, 0.25) is 0 Å². The zero-order valence-electron chi connectivity index (χ0n) is 22.9. The van der Waals surface area contributed by atoms with Crippen LogP contribution in [0, 0.1) is 18.8 Å². The molecule has 0 radical (unpaired) electrons. The zero-order chi connectivity index (χ0) is 25.5. The van der Waals surface area contributed by atoms with Gasteiger partial charge in [-0.15, -0.1) is 0 Å². The minimum absolute atomic E-state index is 0.118. The van der Waals surface area contributed by atoms with Crippen molar-refractivity contribution in [3.05, 3.63) is 71.4 Å². The highest BCUT2D eigenvalue weighted by Gasteiger charge is 2.24. The Hall–Kier alpha value is -2.39. The number of carbonyl (C=O) groups is 1. The molecular formula is C34H46N2O. The van der Waals surface area contributed by atoms with Crippen molar-refractivity contribution in [3.8, 4) is 0 Å². The van der Waals surface area contributed by atoms with Gasteiger partial charge < -0.3 is 9.88 Å². The Labute approximate surface area is 224 Å². The molecule has 1 aromatic heterocycles. The van der Waals surface area contributed by atoms with Crippen molar-refractivity contribution in [2.24, 2.45) is 11.8 Å². The molecule has 1 N–H and O–H groups in total. The van der Waals surface area contributed by atoms with E-state index in [-0.39, 0.29) is 5.92 Å². The second-order valence-electron chi connectivity index (χ2n) is 11.9. The van der Waals surface area contributed by atoms with E-state index in [4.69, 9.17) is 0 Å². The molecule has 0 amide bonds. The minimum Gasteiger partial charge on any atom is -0.347 e. The molecule has 0 bridgehead atoms. The van der Waals surface area contributed by atoms with Crippen LogP contribution in [0.2, 0.25) is 0 Å². The maximum Gasteiger partial charge on any atom is 0.133 e. The van der Waals surface area contributed by atoms with E-state index in [9.17, 15) is 4.79 Å². The fourth-order valence-electron chi connectivity index (χ4n) is 6.92. The largest absolute Gasteiger partial charge is 0.347 e. The molecular weight excluding hydrogens is 452 g/mol. The van der Waals surface area contributed by atoms with Crippen LogP contribution in [0.3, 0.4) is 0 Å². The smallest absolute Gasteiger partial charge is 0.133 e. The van der Waals surface area contributed by atoms with Crippen LogP contribution in [-0.4, -0.2) is 23.4 Å². The number of hydrogen-bond donors (Lipinski definition) is 1. The molecule has 1 atom stereocenters. The minimum atomic E-state index is 0.118. The molecule has 2 fully saturated rings. The van der Waals surface area contributed by atoms with Gasteiger partial charge in [0.25, 0.3) is 0 Å². The van der Waals surface area contributed by atoms with E-state index in [1.807, 2.05) is 0 Å². The third-order valence-electron chi connectivity index (χ3n) is 9.10. The summed E-state index contributed by atoms with van der Waals surface area (Å²) < 4.78 is 2.49. The number of piperidine rings is 1. The van der Waals surface area contributed by atoms with Crippen molar-refractivity contribution < 1.29 is 4.79 Å². The highest BCUT2D eigenvalue weighted by molar-refractivity contribution is 5.87. The van der Waals surface area contributed by atoms with Gasteiger partial charge >= 0.3 is 0 Å². The van der Waals surface area contributed by atoms with Crippen LogP contribution in [0.5, 0.6) is 0 Å². The van der Waals surface area contributed by atoms with Gasteiger partial charge in [-0.3, -0.25) is 4.79 Å². The van der Waals surface area contributed by atoms with E-state index >= 15 is 0 Å². The molecule has 2 heterocycles. The second kappa shape index (κ2) is 12.9. The fourth-order valence-corrected chi connectivity index (χ4v) is 6.92.